The molecule has 6 nitrogen and oxygen atoms in total. The quantitative estimate of drug-likeness (QED) is 0.509. The van der Waals surface area contributed by atoms with Crippen molar-refractivity contribution in [3.63, 3.8) is 0 Å². The summed E-state index contributed by atoms with van der Waals surface area (Å²) in [5, 5.41) is 14.6. The number of esters is 1. The number of hydrogen-bond donors (Lipinski definition) is 1. The molecule has 120 valence electrons. The van der Waals surface area contributed by atoms with E-state index in [1.165, 1.54) is 12.5 Å². The molecular formula is C16H22N2O4. The largest absolute Gasteiger partial charge is 0.462 e. The molecule has 0 amide bonds. The van der Waals surface area contributed by atoms with E-state index in [-0.39, 0.29) is 23.9 Å². The van der Waals surface area contributed by atoms with Crippen molar-refractivity contribution in [1.29, 1.82) is 0 Å². The molecule has 0 aromatic heterocycles. The molecule has 0 spiro atoms. The average molecular weight is 306 g/mol. The lowest BCUT2D eigenvalue weighted by Crippen LogP contribution is -2.30. The third-order valence-electron chi connectivity index (χ3n) is 4.16. The first-order valence-electron chi connectivity index (χ1n) is 7.75. The van der Waals surface area contributed by atoms with E-state index < -0.39 is 10.9 Å². The Bertz CT molecular complexity index is 559. The monoisotopic (exact) mass is 306 g/mol. The zero-order valence-electron chi connectivity index (χ0n) is 13.0. The van der Waals surface area contributed by atoms with Crippen LogP contribution in [0.4, 0.5) is 11.4 Å². The second kappa shape index (κ2) is 7.24. The lowest BCUT2D eigenvalue weighted by Gasteiger charge is -2.30. The number of carbonyl (C=O) groups is 1. The predicted molar refractivity (Wildman–Crippen MR) is 84.1 cm³/mol. The first kappa shape index (κ1) is 16.3. The van der Waals surface area contributed by atoms with Gasteiger partial charge in [0.25, 0.3) is 5.69 Å². The fourth-order valence-electron chi connectivity index (χ4n) is 2.88. The van der Waals surface area contributed by atoms with Crippen LogP contribution in [0.5, 0.6) is 0 Å². The normalized spacial score (nSPS) is 21.2. The smallest absolute Gasteiger partial charge is 0.338 e. The maximum absolute atomic E-state index is 11.7. The number of nitro groups is 1. The van der Waals surface area contributed by atoms with Gasteiger partial charge in [0.2, 0.25) is 0 Å². The molecule has 1 N–H and O–H groups in total. The first-order valence-corrected chi connectivity index (χ1v) is 7.75. The van der Waals surface area contributed by atoms with Crippen molar-refractivity contribution in [2.75, 3.05) is 11.9 Å². The molecule has 1 fully saturated rings. The molecule has 0 radical (unpaired) electrons. The second-order valence-electron chi connectivity index (χ2n) is 5.72. The summed E-state index contributed by atoms with van der Waals surface area (Å²) in [5.74, 6) is -0.0544. The molecule has 2 rings (SSSR count). The maximum atomic E-state index is 11.7. The Morgan fingerprint density at radius 3 is 2.77 bits per heavy atom. The van der Waals surface area contributed by atoms with Crippen molar-refractivity contribution >= 4 is 17.3 Å². The molecule has 0 bridgehead atoms. The van der Waals surface area contributed by atoms with Gasteiger partial charge < -0.3 is 10.1 Å². The minimum absolute atomic E-state index is 0.0803. The van der Waals surface area contributed by atoms with Crippen LogP contribution in [0, 0.1) is 16.0 Å². The van der Waals surface area contributed by atoms with Crippen LogP contribution in [-0.2, 0) is 4.74 Å². The predicted octanol–water partition coefficient (Wildman–Crippen LogP) is 3.76. The Kier molecular flexibility index (Phi) is 5.35. The molecule has 0 saturated heterocycles. The summed E-state index contributed by atoms with van der Waals surface area (Å²) in [4.78, 5) is 22.5. The summed E-state index contributed by atoms with van der Waals surface area (Å²) in [6, 6.07) is 4.70. The van der Waals surface area contributed by atoms with Gasteiger partial charge in [-0.2, -0.15) is 0 Å². The summed E-state index contributed by atoms with van der Waals surface area (Å²) in [6.45, 7) is 4.11. The summed E-state index contributed by atoms with van der Waals surface area (Å²) >= 11 is 0. The fraction of sp³-hybridized carbons (Fsp3) is 0.562. The number of rotatable bonds is 5. The number of nitrogens with zero attached hydrogens (tertiary/aromatic N) is 1. The molecule has 6 heteroatoms. The van der Waals surface area contributed by atoms with Crippen LogP contribution in [-0.4, -0.2) is 23.5 Å². The molecule has 1 saturated carbocycles. The van der Waals surface area contributed by atoms with Gasteiger partial charge in [-0.3, -0.25) is 10.1 Å². The second-order valence-corrected chi connectivity index (χ2v) is 5.72. The number of hydrogen-bond acceptors (Lipinski definition) is 5. The highest BCUT2D eigenvalue weighted by atomic mass is 16.6. The van der Waals surface area contributed by atoms with Crippen LogP contribution in [0.15, 0.2) is 18.2 Å². The van der Waals surface area contributed by atoms with Gasteiger partial charge in [0.15, 0.2) is 0 Å². The summed E-state index contributed by atoms with van der Waals surface area (Å²) in [5.41, 5.74) is 0.593. The van der Waals surface area contributed by atoms with E-state index in [1.54, 1.807) is 19.1 Å². The van der Waals surface area contributed by atoms with Crippen molar-refractivity contribution in [3.05, 3.63) is 33.9 Å². The van der Waals surface area contributed by atoms with Gasteiger partial charge in [0.05, 0.1) is 17.1 Å². The molecule has 22 heavy (non-hydrogen) atoms. The Labute approximate surface area is 130 Å². The maximum Gasteiger partial charge on any atom is 0.338 e. The number of benzene rings is 1. The number of ether oxygens (including phenoxy) is 1. The van der Waals surface area contributed by atoms with Gasteiger partial charge in [0, 0.05) is 12.1 Å². The molecule has 1 aromatic rings. The first-order chi connectivity index (χ1) is 10.5. The van der Waals surface area contributed by atoms with E-state index in [1.807, 2.05) is 0 Å². The van der Waals surface area contributed by atoms with Crippen molar-refractivity contribution in [2.24, 2.45) is 5.92 Å². The highest BCUT2D eigenvalue weighted by Crippen LogP contribution is 2.31. The van der Waals surface area contributed by atoms with Crippen molar-refractivity contribution < 1.29 is 14.5 Å². The van der Waals surface area contributed by atoms with Crippen LogP contribution in [0.25, 0.3) is 0 Å². The summed E-state index contributed by atoms with van der Waals surface area (Å²) < 4.78 is 4.89. The topological polar surface area (TPSA) is 81.5 Å². The number of nitro benzene ring substituents is 1. The molecule has 0 aliphatic heterocycles. The standard InChI is InChI=1S/C16H22N2O4/c1-3-22-16(19)12-8-9-14(15(10-12)18(20)21)17-13-7-5-4-6-11(13)2/h8-11,13,17H,3-7H2,1-2H3/t11-,13-/m0/s1. The fourth-order valence-corrected chi connectivity index (χ4v) is 2.88. The van der Waals surface area contributed by atoms with Crippen LogP contribution in [0.2, 0.25) is 0 Å². The lowest BCUT2D eigenvalue weighted by molar-refractivity contribution is -0.384. The molecular weight excluding hydrogens is 284 g/mol. The Morgan fingerprint density at radius 1 is 1.41 bits per heavy atom. The summed E-state index contributed by atoms with van der Waals surface area (Å²) in [7, 11) is 0. The number of carbonyl (C=O) groups excluding carboxylic acids is 1. The van der Waals surface area contributed by atoms with E-state index in [9.17, 15) is 14.9 Å². The Morgan fingerprint density at radius 2 is 2.14 bits per heavy atom. The zero-order chi connectivity index (χ0) is 16.1. The highest BCUT2D eigenvalue weighted by molar-refractivity contribution is 5.91. The average Bonchev–Trinajstić information content (AvgIpc) is 2.50. The molecule has 0 heterocycles. The van der Waals surface area contributed by atoms with Gasteiger partial charge in [0.1, 0.15) is 5.69 Å². The van der Waals surface area contributed by atoms with Crippen molar-refractivity contribution in [3.8, 4) is 0 Å². The van der Waals surface area contributed by atoms with E-state index >= 15 is 0 Å². The highest BCUT2D eigenvalue weighted by Gasteiger charge is 2.25. The molecule has 1 aliphatic rings. The van der Waals surface area contributed by atoms with Crippen LogP contribution in [0.3, 0.4) is 0 Å². The third kappa shape index (κ3) is 3.75. The summed E-state index contributed by atoms with van der Waals surface area (Å²) in [6.07, 6.45) is 4.49. The number of anilines is 1. The minimum atomic E-state index is -0.539. The van der Waals surface area contributed by atoms with Gasteiger partial charge in [-0.05, 0) is 37.8 Å². The zero-order valence-corrected chi connectivity index (χ0v) is 13.0. The molecule has 0 unspecified atom stereocenters. The molecule has 1 aliphatic carbocycles. The van der Waals surface area contributed by atoms with Gasteiger partial charge >= 0.3 is 5.97 Å². The number of nitrogens with one attached hydrogen (secondary N) is 1. The van der Waals surface area contributed by atoms with Crippen LogP contribution < -0.4 is 5.32 Å². The van der Waals surface area contributed by atoms with Crippen molar-refractivity contribution in [2.45, 2.75) is 45.6 Å². The lowest BCUT2D eigenvalue weighted by atomic mass is 9.86. The third-order valence-corrected chi connectivity index (χ3v) is 4.16. The SMILES string of the molecule is CCOC(=O)c1ccc(N[C@H]2CCCC[C@@H]2C)c([N+](=O)[O-])c1. The van der Waals surface area contributed by atoms with Crippen LogP contribution in [0.1, 0.15) is 49.9 Å². The van der Waals surface area contributed by atoms with E-state index in [2.05, 4.69) is 12.2 Å². The minimum Gasteiger partial charge on any atom is -0.462 e. The van der Waals surface area contributed by atoms with E-state index in [4.69, 9.17) is 4.74 Å². The molecule has 1 aromatic carbocycles. The van der Waals surface area contributed by atoms with Gasteiger partial charge in [-0.25, -0.2) is 4.79 Å². The Hall–Kier alpha value is -2.11. The Balaban J connectivity index is 2.23. The van der Waals surface area contributed by atoms with Gasteiger partial charge in [-0.1, -0.05) is 19.8 Å². The van der Waals surface area contributed by atoms with Crippen LogP contribution >= 0.6 is 0 Å². The van der Waals surface area contributed by atoms with Crippen molar-refractivity contribution in [1.82, 2.24) is 0 Å². The van der Waals surface area contributed by atoms with E-state index in [0.717, 1.165) is 19.3 Å². The van der Waals surface area contributed by atoms with E-state index in [0.29, 0.717) is 11.6 Å². The van der Waals surface area contributed by atoms with Gasteiger partial charge in [-0.15, -0.1) is 0 Å². The molecule has 2 atom stereocenters.